The molecule has 0 unspecified atom stereocenters. The van der Waals surface area contributed by atoms with Crippen molar-refractivity contribution in [3.63, 3.8) is 0 Å². The monoisotopic (exact) mass is 225 g/mol. The highest BCUT2D eigenvalue weighted by atomic mass is 35.5. The van der Waals surface area contributed by atoms with E-state index in [4.69, 9.17) is 11.6 Å². The number of urea groups is 1. The number of fused-ring (bicyclic) bond motifs is 1. The number of rotatable bonds is 0. The van der Waals surface area contributed by atoms with Gasteiger partial charge >= 0.3 is 6.03 Å². The fourth-order valence-corrected chi connectivity index (χ4v) is 1.97. The average Bonchev–Trinajstić information content (AvgIpc) is 2.61. The van der Waals surface area contributed by atoms with Crippen molar-refractivity contribution in [1.82, 2.24) is 9.88 Å². The molecule has 0 radical (unpaired) electrons. The van der Waals surface area contributed by atoms with Crippen molar-refractivity contribution in [1.29, 1.82) is 0 Å². The summed E-state index contributed by atoms with van der Waals surface area (Å²) in [6.07, 6.45) is 2.41. The Labute approximate surface area is 93.5 Å². The first-order chi connectivity index (χ1) is 7.11. The first kappa shape index (κ1) is 10.2. The zero-order valence-corrected chi connectivity index (χ0v) is 9.45. The van der Waals surface area contributed by atoms with Gasteiger partial charge in [-0.1, -0.05) is 11.6 Å². The van der Waals surface area contributed by atoms with Crippen LogP contribution in [0.25, 0.3) is 0 Å². The topological polar surface area (TPSA) is 36.4 Å². The SMILES string of the molecule is CN(C)C(=O)N1CCc2c1ccnc2Cl. The van der Waals surface area contributed by atoms with E-state index in [2.05, 4.69) is 4.98 Å². The molecule has 2 amide bonds. The van der Waals surface area contributed by atoms with Gasteiger partial charge in [0, 0.05) is 32.4 Å². The number of anilines is 1. The zero-order chi connectivity index (χ0) is 11.0. The zero-order valence-electron chi connectivity index (χ0n) is 8.70. The van der Waals surface area contributed by atoms with Gasteiger partial charge in [-0.3, -0.25) is 4.90 Å². The molecule has 2 heterocycles. The molecule has 0 saturated carbocycles. The lowest BCUT2D eigenvalue weighted by molar-refractivity contribution is 0.224. The third-order valence-electron chi connectivity index (χ3n) is 2.47. The molecule has 0 N–H and O–H groups in total. The summed E-state index contributed by atoms with van der Waals surface area (Å²) in [5.74, 6) is 0. The Morgan fingerprint density at radius 1 is 1.60 bits per heavy atom. The van der Waals surface area contributed by atoms with Crippen molar-refractivity contribution in [3.8, 4) is 0 Å². The van der Waals surface area contributed by atoms with Gasteiger partial charge in [0.05, 0.1) is 5.69 Å². The number of halogens is 1. The van der Waals surface area contributed by atoms with Gasteiger partial charge in [0.25, 0.3) is 0 Å². The lowest BCUT2D eigenvalue weighted by atomic mass is 10.2. The van der Waals surface area contributed by atoms with Crippen molar-refractivity contribution in [2.24, 2.45) is 0 Å². The Morgan fingerprint density at radius 2 is 2.33 bits per heavy atom. The standard InChI is InChI=1S/C10H12ClN3O/c1-13(2)10(15)14-6-4-7-8(14)3-5-12-9(7)11/h3,5H,4,6H2,1-2H3. The molecule has 0 aromatic carbocycles. The molecular formula is C10H12ClN3O. The predicted molar refractivity (Wildman–Crippen MR) is 59.4 cm³/mol. The number of carbonyl (C=O) groups is 1. The molecule has 1 aromatic rings. The normalized spacial score (nSPS) is 13.9. The number of hydrogen-bond acceptors (Lipinski definition) is 2. The average molecular weight is 226 g/mol. The summed E-state index contributed by atoms with van der Waals surface area (Å²) < 4.78 is 0. The van der Waals surface area contributed by atoms with Crippen LogP contribution >= 0.6 is 11.6 Å². The first-order valence-electron chi connectivity index (χ1n) is 4.73. The Morgan fingerprint density at radius 3 is 3.00 bits per heavy atom. The van der Waals surface area contributed by atoms with Crippen LogP contribution in [0.5, 0.6) is 0 Å². The molecule has 15 heavy (non-hydrogen) atoms. The summed E-state index contributed by atoms with van der Waals surface area (Å²) in [5, 5.41) is 0.501. The van der Waals surface area contributed by atoms with Gasteiger partial charge < -0.3 is 4.90 Å². The van der Waals surface area contributed by atoms with Gasteiger partial charge in [0.15, 0.2) is 0 Å². The molecule has 80 valence electrons. The van der Waals surface area contributed by atoms with Crippen LogP contribution in [0.1, 0.15) is 5.56 Å². The van der Waals surface area contributed by atoms with E-state index in [1.54, 1.807) is 30.1 Å². The van der Waals surface area contributed by atoms with Crippen LogP contribution in [-0.2, 0) is 6.42 Å². The molecular weight excluding hydrogens is 214 g/mol. The molecule has 0 spiro atoms. The van der Waals surface area contributed by atoms with Crippen molar-refractivity contribution in [3.05, 3.63) is 23.0 Å². The fourth-order valence-electron chi connectivity index (χ4n) is 1.73. The molecule has 0 atom stereocenters. The number of pyridine rings is 1. The van der Waals surface area contributed by atoms with Crippen LogP contribution in [0.15, 0.2) is 12.3 Å². The van der Waals surface area contributed by atoms with Crippen LogP contribution in [0.3, 0.4) is 0 Å². The quantitative estimate of drug-likeness (QED) is 0.631. The van der Waals surface area contributed by atoms with Gasteiger partial charge in [-0.15, -0.1) is 0 Å². The molecule has 5 heteroatoms. The minimum absolute atomic E-state index is 0.0176. The van der Waals surface area contributed by atoms with Crippen molar-refractivity contribution < 1.29 is 4.79 Å². The second-order valence-electron chi connectivity index (χ2n) is 3.68. The van der Waals surface area contributed by atoms with Crippen LogP contribution in [0.4, 0.5) is 10.5 Å². The van der Waals surface area contributed by atoms with Crippen LogP contribution in [-0.4, -0.2) is 36.6 Å². The molecule has 2 rings (SSSR count). The molecule has 0 fully saturated rings. The minimum atomic E-state index is -0.0176. The second-order valence-corrected chi connectivity index (χ2v) is 4.04. The highest BCUT2D eigenvalue weighted by Crippen LogP contribution is 2.32. The predicted octanol–water partition coefficient (Wildman–Crippen LogP) is 1.78. The number of aromatic nitrogens is 1. The summed E-state index contributed by atoms with van der Waals surface area (Å²) in [7, 11) is 3.48. The third-order valence-corrected chi connectivity index (χ3v) is 2.79. The van der Waals surface area contributed by atoms with E-state index in [9.17, 15) is 4.79 Å². The Kier molecular flexibility index (Phi) is 2.52. The maximum atomic E-state index is 11.8. The van der Waals surface area contributed by atoms with Gasteiger partial charge in [0.1, 0.15) is 5.15 Å². The van der Waals surface area contributed by atoms with E-state index < -0.39 is 0 Å². The largest absolute Gasteiger partial charge is 0.330 e. The molecule has 4 nitrogen and oxygen atoms in total. The second kappa shape index (κ2) is 3.70. The highest BCUT2D eigenvalue weighted by Gasteiger charge is 2.27. The van der Waals surface area contributed by atoms with E-state index in [1.165, 1.54) is 0 Å². The van der Waals surface area contributed by atoms with Crippen LogP contribution in [0.2, 0.25) is 5.15 Å². The number of nitrogens with zero attached hydrogens (tertiary/aromatic N) is 3. The maximum absolute atomic E-state index is 11.8. The van der Waals surface area contributed by atoms with Gasteiger partial charge in [-0.25, -0.2) is 9.78 Å². The van der Waals surface area contributed by atoms with E-state index in [1.807, 2.05) is 6.07 Å². The molecule has 1 aliphatic rings. The van der Waals surface area contributed by atoms with Crippen LogP contribution in [0, 0.1) is 0 Å². The highest BCUT2D eigenvalue weighted by molar-refractivity contribution is 6.30. The summed E-state index contributed by atoms with van der Waals surface area (Å²) in [5.41, 5.74) is 1.85. The fraction of sp³-hybridized carbons (Fsp3) is 0.400. The third kappa shape index (κ3) is 1.65. The van der Waals surface area contributed by atoms with Crippen molar-refractivity contribution >= 4 is 23.3 Å². The smallest absolute Gasteiger partial charge is 0.323 e. The maximum Gasteiger partial charge on any atom is 0.323 e. The number of hydrogen-bond donors (Lipinski definition) is 0. The Bertz CT molecular complexity index is 406. The summed E-state index contributed by atoms with van der Waals surface area (Å²) in [4.78, 5) is 19.1. The number of amides is 2. The molecule has 0 aliphatic carbocycles. The lowest BCUT2D eigenvalue weighted by Gasteiger charge is -2.21. The van der Waals surface area contributed by atoms with Crippen molar-refractivity contribution in [2.75, 3.05) is 25.5 Å². The molecule has 1 aliphatic heterocycles. The van der Waals surface area contributed by atoms with E-state index in [-0.39, 0.29) is 6.03 Å². The molecule has 1 aromatic heterocycles. The lowest BCUT2D eigenvalue weighted by Crippen LogP contribution is -2.38. The first-order valence-corrected chi connectivity index (χ1v) is 5.11. The van der Waals surface area contributed by atoms with Gasteiger partial charge in [-0.05, 0) is 12.5 Å². The van der Waals surface area contributed by atoms with E-state index >= 15 is 0 Å². The summed E-state index contributed by atoms with van der Waals surface area (Å²) in [6.45, 7) is 0.678. The molecule has 0 bridgehead atoms. The van der Waals surface area contributed by atoms with Gasteiger partial charge in [0.2, 0.25) is 0 Å². The van der Waals surface area contributed by atoms with Gasteiger partial charge in [-0.2, -0.15) is 0 Å². The van der Waals surface area contributed by atoms with E-state index in [0.29, 0.717) is 11.7 Å². The summed E-state index contributed by atoms with van der Waals surface area (Å²) in [6, 6.07) is 1.81. The number of carbonyl (C=O) groups excluding carboxylic acids is 1. The van der Waals surface area contributed by atoms with Crippen LogP contribution < -0.4 is 4.90 Å². The summed E-state index contributed by atoms with van der Waals surface area (Å²) >= 11 is 5.96. The van der Waals surface area contributed by atoms with Crippen molar-refractivity contribution in [2.45, 2.75) is 6.42 Å². The minimum Gasteiger partial charge on any atom is -0.330 e. The Balaban J connectivity index is 2.37. The molecule has 0 saturated heterocycles. The van der Waals surface area contributed by atoms with E-state index in [0.717, 1.165) is 17.7 Å². The Hall–Kier alpha value is -1.29.